The molecular formula is C15H21NO2. The summed E-state index contributed by atoms with van der Waals surface area (Å²) >= 11 is 0. The molecule has 1 N–H and O–H groups in total. The van der Waals surface area contributed by atoms with Gasteiger partial charge in [-0.15, -0.1) is 0 Å². The lowest BCUT2D eigenvalue weighted by atomic mass is 9.88. The van der Waals surface area contributed by atoms with Crippen molar-refractivity contribution in [1.29, 1.82) is 0 Å². The van der Waals surface area contributed by atoms with Gasteiger partial charge in [0.05, 0.1) is 5.92 Å². The average Bonchev–Trinajstić information content (AvgIpc) is 2.25. The summed E-state index contributed by atoms with van der Waals surface area (Å²) < 4.78 is 5.48. The molecule has 3 nitrogen and oxygen atoms in total. The number of carbonyl (C=O) groups is 1. The molecule has 1 aliphatic heterocycles. The van der Waals surface area contributed by atoms with Crippen LogP contribution in [0.4, 0.5) is 5.69 Å². The quantitative estimate of drug-likeness (QED) is 0.775. The summed E-state index contributed by atoms with van der Waals surface area (Å²) in [5.74, 6) is -0.226. The molecular weight excluding hydrogens is 226 g/mol. The van der Waals surface area contributed by atoms with Gasteiger partial charge in [-0.2, -0.15) is 0 Å². The number of rotatable bonds is 1. The van der Waals surface area contributed by atoms with Crippen LogP contribution >= 0.6 is 0 Å². The van der Waals surface area contributed by atoms with Gasteiger partial charge in [-0.05, 0) is 45.7 Å². The Balaban J connectivity index is 2.14. The second kappa shape index (κ2) is 4.63. The molecule has 0 saturated heterocycles. The highest BCUT2D eigenvalue weighted by Gasteiger charge is 2.33. The lowest BCUT2D eigenvalue weighted by molar-refractivity contribution is -0.160. The maximum Gasteiger partial charge on any atom is 0.311 e. The normalized spacial score (nSPS) is 22.9. The predicted octanol–water partition coefficient (Wildman–Crippen LogP) is 3.00. The van der Waals surface area contributed by atoms with E-state index in [0.717, 1.165) is 12.1 Å². The van der Waals surface area contributed by atoms with E-state index >= 15 is 0 Å². The summed E-state index contributed by atoms with van der Waals surface area (Å²) in [5.41, 5.74) is 1.89. The number of esters is 1. The molecule has 0 aromatic heterocycles. The lowest BCUT2D eigenvalue weighted by Crippen LogP contribution is -2.41. The molecule has 1 aromatic rings. The molecule has 0 bridgehead atoms. The van der Waals surface area contributed by atoms with Crippen LogP contribution in [0.5, 0.6) is 0 Å². The zero-order chi connectivity index (χ0) is 13.3. The van der Waals surface area contributed by atoms with Crippen molar-refractivity contribution < 1.29 is 9.53 Å². The maximum atomic E-state index is 12.2. The third-order valence-electron chi connectivity index (χ3n) is 3.15. The van der Waals surface area contributed by atoms with Gasteiger partial charge >= 0.3 is 5.97 Å². The number of fused-ring (bicyclic) bond motifs is 1. The van der Waals surface area contributed by atoms with E-state index in [4.69, 9.17) is 4.74 Å². The van der Waals surface area contributed by atoms with E-state index < -0.39 is 5.60 Å². The zero-order valence-electron chi connectivity index (χ0n) is 11.5. The zero-order valence-corrected chi connectivity index (χ0v) is 11.5. The van der Waals surface area contributed by atoms with E-state index in [0.29, 0.717) is 0 Å². The predicted molar refractivity (Wildman–Crippen MR) is 72.6 cm³/mol. The van der Waals surface area contributed by atoms with Gasteiger partial charge in [-0.25, -0.2) is 0 Å². The standard InChI is InChI=1S/C15H21NO2/c1-10-12(14(17)18-15(2,3)4)9-11-7-5-6-8-13(11)16-10/h5-8,10,12,16H,9H2,1-4H3/t10-,12-/m1/s1. The van der Waals surface area contributed by atoms with Gasteiger partial charge in [0.2, 0.25) is 0 Å². The third-order valence-corrected chi connectivity index (χ3v) is 3.15. The van der Waals surface area contributed by atoms with Gasteiger partial charge < -0.3 is 10.1 Å². The second-order valence-corrected chi connectivity index (χ2v) is 5.93. The molecule has 1 aliphatic rings. The number of hydrogen-bond acceptors (Lipinski definition) is 3. The van der Waals surface area contributed by atoms with Crippen LogP contribution in [-0.2, 0) is 16.0 Å². The van der Waals surface area contributed by atoms with Crippen LogP contribution in [0, 0.1) is 5.92 Å². The highest BCUT2D eigenvalue weighted by Crippen LogP contribution is 2.29. The number of carbonyl (C=O) groups excluding carboxylic acids is 1. The van der Waals surface area contributed by atoms with Crippen molar-refractivity contribution in [1.82, 2.24) is 0 Å². The highest BCUT2D eigenvalue weighted by atomic mass is 16.6. The molecule has 1 heterocycles. The monoisotopic (exact) mass is 247 g/mol. The van der Waals surface area contributed by atoms with Gasteiger partial charge in [-0.3, -0.25) is 4.79 Å². The number of ether oxygens (including phenoxy) is 1. The first-order chi connectivity index (χ1) is 8.37. The minimum absolute atomic E-state index is 0.106. The summed E-state index contributed by atoms with van der Waals surface area (Å²) in [4.78, 5) is 12.2. The molecule has 2 rings (SSSR count). The second-order valence-electron chi connectivity index (χ2n) is 5.93. The Morgan fingerprint density at radius 2 is 2.00 bits per heavy atom. The van der Waals surface area contributed by atoms with E-state index in [1.54, 1.807) is 0 Å². The first-order valence-electron chi connectivity index (χ1n) is 6.44. The van der Waals surface area contributed by atoms with Crippen LogP contribution in [0.3, 0.4) is 0 Å². The van der Waals surface area contributed by atoms with Crippen LogP contribution in [0.1, 0.15) is 33.3 Å². The maximum absolute atomic E-state index is 12.2. The first kappa shape index (κ1) is 12.9. The summed E-state index contributed by atoms with van der Waals surface area (Å²) in [7, 11) is 0. The van der Waals surface area contributed by atoms with Gasteiger partial charge in [0.15, 0.2) is 0 Å². The van der Waals surface area contributed by atoms with E-state index in [9.17, 15) is 4.79 Å². The fraction of sp³-hybridized carbons (Fsp3) is 0.533. The highest BCUT2D eigenvalue weighted by molar-refractivity contribution is 5.76. The van der Waals surface area contributed by atoms with Crippen molar-refractivity contribution in [3.05, 3.63) is 29.8 Å². The third kappa shape index (κ3) is 2.84. The smallest absolute Gasteiger partial charge is 0.311 e. The van der Waals surface area contributed by atoms with Crippen molar-refractivity contribution in [3.8, 4) is 0 Å². The number of benzene rings is 1. The van der Waals surface area contributed by atoms with Crippen molar-refractivity contribution in [3.63, 3.8) is 0 Å². The van der Waals surface area contributed by atoms with E-state index in [1.807, 2.05) is 39.8 Å². The Bertz CT molecular complexity index is 448. The Hall–Kier alpha value is -1.51. The SMILES string of the molecule is C[C@H]1Nc2ccccc2C[C@H]1C(=O)OC(C)(C)C. The summed E-state index contributed by atoms with van der Waals surface area (Å²) in [6.45, 7) is 7.74. The van der Waals surface area contributed by atoms with Gasteiger partial charge in [0.1, 0.15) is 5.60 Å². The minimum Gasteiger partial charge on any atom is -0.460 e. The number of anilines is 1. The Morgan fingerprint density at radius 3 is 2.67 bits per heavy atom. The molecule has 2 atom stereocenters. The molecule has 1 aromatic carbocycles. The van der Waals surface area contributed by atoms with Crippen LogP contribution in [-0.4, -0.2) is 17.6 Å². The number of nitrogens with one attached hydrogen (secondary N) is 1. The molecule has 18 heavy (non-hydrogen) atoms. The van der Waals surface area contributed by atoms with Crippen molar-refractivity contribution in [2.45, 2.75) is 45.8 Å². The van der Waals surface area contributed by atoms with Crippen LogP contribution in [0.15, 0.2) is 24.3 Å². The number of para-hydroxylation sites is 1. The van der Waals surface area contributed by atoms with E-state index in [1.165, 1.54) is 5.56 Å². The Morgan fingerprint density at radius 1 is 1.33 bits per heavy atom. The first-order valence-corrected chi connectivity index (χ1v) is 6.44. The number of hydrogen-bond donors (Lipinski definition) is 1. The Kier molecular flexibility index (Phi) is 3.33. The molecule has 0 fully saturated rings. The van der Waals surface area contributed by atoms with Crippen molar-refractivity contribution in [2.75, 3.05) is 5.32 Å². The Labute approximate surface area is 109 Å². The lowest BCUT2D eigenvalue weighted by Gasteiger charge is -2.33. The summed E-state index contributed by atoms with van der Waals surface area (Å²) in [5, 5.41) is 3.38. The van der Waals surface area contributed by atoms with Crippen LogP contribution in [0.25, 0.3) is 0 Å². The van der Waals surface area contributed by atoms with Crippen LogP contribution < -0.4 is 5.32 Å². The summed E-state index contributed by atoms with van der Waals surface area (Å²) in [6, 6.07) is 8.23. The molecule has 0 radical (unpaired) electrons. The molecule has 3 heteroatoms. The van der Waals surface area contributed by atoms with Gasteiger partial charge in [0, 0.05) is 11.7 Å². The van der Waals surface area contributed by atoms with Gasteiger partial charge in [0.25, 0.3) is 0 Å². The molecule has 0 amide bonds. The van der Waals surface area contributed by atoms with Crippen molar-refractivity contribution >= 4 is 11.7 Å². The van der Waals surface area contributed by atoms with E-state index in [-0.39, 0.29) is 17.9 Å². The largest absolute Gasteiger partial charge is 0.460 e. The van der Waals surface area contributed by atoms with Gasteiger partial charge in [-0.1, -0.05) is 18.2 Å². The molecule has 0 aliphatic carbocycles. The van der Waals surface area contributed by atoms with Crippen LogP contribution in [0.2, 0.25) is 0 Å². The molecule has 0 saturated carbocycles. The molecule has 0 spiro atoms. The fourth-order valence-corrected chi connectivity index (χ4v) is 2.26. The molecule has 98 valence electrons. The van der Waals surface area contributed by atoms with Crippen molar-refractivity contribution in [2.24, 2.45) is 5.92 Å². The average molecular weight is 247 g/mol. The topological polar surface area (TPSA) is 38.3 Å². The summed E-state index contributed by atoms with van der Waals surface area (Å²) in [6.07, 6.45) is 0.749. The van der Waals surface area contributed by atoms with E-state index in [2.05, 4.69) is 17.4 Å². The molecule has 0 unspecified atom stereocenters. The minimum atomic E-state index is -0.423. The fourth-order valence-electron chi connectivity index (χ4n) is 2.26.